The monoisotopic (exact) mass is 355 g/mol. The highest BCUT2D eigenvalue weighted by Gasteiger charge is 2.13. The van der Waals surface area contributed by atoms with Crippen LogP contribution < -0.4 is 14.8 Å². The fourth-order valence-corrected chi connectivity index (χ4v) is 2.91. The van der Waals surface area contributed by atoms with Crippen molar-refractivity contribution in [2.24, 2.45) is 0 Å². The Morgan fingerprint density at radius 1 is 1.00 bits per heavy atom. The van der Waals surface area contributed by atoms with Gasteiger partial charge in [-0.1, -0.05) is 18.2 Å². The van der Waals surface area contributed by atoms with Gasteiger partial charge >= 0.3 is 5.97 Å². The van der Waals surface area contributed by atoms with Gasteiger partial charge in [-0.15, -0.1) is 0 Å². The lowest BCUT2D eigenvalue weighted by molar-refractivity contribution is -0.149. The van der Waals surface area contributed by atoms with Crippen LogP contribution in [0.25, 0.3) is 0 Å². The van der Waals surface area contributed by atoms with E-state index < -0.39 is 5.97 Å². The summed E-state index contributed by atoms with van der Waals surface area (Å²) in [4.78, 5) is 23.7. The van der Waals surface area contributed by atoms with Crippen LogP contribution in [0.3, 0.4) is 0 Å². The van der Waals surface area contributed by atoms with E-state index >= 15 is 0 Å². The van der Waals surface area contributed by atoms with E-state index in [1.54, 1.807) is 24.3 Å². The van der Waals surface area contributed by atoms with Gasteiger partial charge in [0, 0.05) is 5.69 Å². The summed E-state index contributed by atoms with van der Waals surface area (Å²) >= 11 is 0. The Balaban J connectivity index is 1.43. The highest BCUT2D eigenvalue weighted by atomic mass is 16.6. The smallest absolute Gasteiger partial charge is 0.344 e. The summed E-state index contributed by atoms with van der Waals surface area (Å²) in [6, 6.07) is 12.9. The molecule has 0 radical (unpaired) electrons. The summed E-state index contributed by atoms with van der Waals surface area (Å²) in [5.41, 5.74) is 3.32. The van der Waals surface area contributed by atoms with Gasteiger partial charge in [0.25, 0.3) is 5.91 Å². The molecule has 1 N–H and O–H groups in total. The molecule has 1 aliphatic carbocycles. The van der Waals surface area contributed by atoms with Gasteiger partial charge in [0.2, 0.25) is 0 Å². The Hall–Kier alpha value is -3.02. The van der Waals surface area contributed by atoms with Crippen molar-refractivity contribution in [1.29, 1.82) is 0 Å². The third-order valence-corrected chi connectivity index (χ3v) is 4.16. The van der Waals surface area contributed by atoms with Crippen LogP contribution in [0.1, 0.15) is 17.5 Å². The Labute approximate surface area is 152 Å². The van der Waals surface area contributed by atoms with Gasteiger partial charge in [0.1, 0.15) is 0 Å². The molecule has 0 atom stereocenters. The predicted octanol–water partition coefficient (Wildman–Crippen LogP) is 2.74. The molecule has 0 saturated heterocycles. The SMILES string of the molecule is COc1ccccc1OCC(=O)OCC(=O)Nc1ccc2c(c1)CCC2. The van der Waals surface area contributed by atoms with Crippen LogP contribution in [0.2, 0.25) is 0 Å². The van der Waals surface area contributed by atoms with E-state index in [0.29, 0.717) is 11.5 Å². The number of para-hydroxylation sites is 2. The van der Waals surface area contributed by atoms with E-state index in [2.05, 4.69) is 5.32 Å². The number of hydrogen-bond acceptors (Lipinski definition) is 5. The van der Waals surface area contributed by atoms with Crippen LogP contribution in [0.15, 0.2) is 42.5 Å². The fraction of sp³-hybridized carbons (Fsp3) is 0.300. The summed E-state index contributed by atoms with van der Waals surface area (Å²) in [7, 11) is 1.52. The summed E-state index contributed by atoms with van der Waals surface area (Å²) in [6.07, 6.45) is 3.28. The number of rotatable bonds is 7. The zero-order chi connectivity index (χ0) is 18.4. The van der Waals surface area contributed by atoms with Crippen LogP contribution >= 0.6 is 0 Å². The van der Waals surface area contributed by atoms with Crippen molar-refractivity contribution in [3.05, 3.63) is 53.6 Å². The number of ether oxygens (including phenoxy) is 3. The van der Waals surface area contributed by atoms with E-state index in [4.69, 9.17) is 14.2 Å². The largest absolute Gasteiger partial charge is 0.493 e. The average molecular weight is 355 g/mol. The predicted molar refractivity (Wildman–Crippen MR) is 96.5 cm³/mol. The molecule has 0 unspecified atom stereocenters. The third kappa shape index (κ3) is 4.53. The quantitative estimate of drug-likeness (QED) is 0.773. The average Bonchev–Trinajstić information content (AvgIpc) is 3.12. The minimum Gasteiger partial charge on any atom is -0.493 e. The second kappa shape index (κ2) is 8.38. The minimum atomic E-state index is -0.625. The maximum Gasteiger partial charge on any atom is 0.344 e. The number of carbonyl (C=O) groups is 2. The molecule has 0 fully saturated rings. The van der Waals surface area contributed by atoms with Crippen LogP contribution in [0.4, 0.5) is 5.69 Å². The Kier molecular flexibility index (Phi) is 5.73. The topological polar surface area (TPSA) is 73.9 Å². The van der Waals surface area contributed by atoms with E-state index in [1.807, 2.05) is 18.2 Å². The number of nitrogens with one attached hydrogen (secondary N) is 1. The van der Waals surface area contributed by atoms with E-state index in [-0.39, 0.29) is 19.1 Å². The van der Waals surface area contributed by atoms with Gasteiger partial charge < -0.3 is 19.5 Å². The molecule has 0 saturated carbocycles. The van der Waals surface area contributed by atoms with Crippen molar-refractivity contribution in [2.75, 3.05) is 25.6 Å². The molecule has 0 aliphatic heterocycles. The summed E-state index contributed by atoms with van der Waals surface area (Å²) in [5, 5.41) is 2.74. The first-order valence-electron chi connectivity index (χ1n) is 8.49. The number of amides is 1. The molecule has 0 spiro atoms. The number of esters is 1. The number of hydrogen-bond donors (Lipinski definition) is 1. The zero-order valence-corrected chi connectivity index (χ0v) is 14.6. The summed E-state index contributed by atoms with van der Waals surface area (Å²) in [5.74, 6) is -0.0437. The number of fused-ring (bicyclic) bond motifs is 1. The van der Waals surface area contributed by atoms with Crippen LogP contribution in [-0.2, 0) is 27.2 Å². The highest BCUT2D eigenvalue weighted by molar-refractivity contribution is 5.93. The molecule has 1 aliphatic rings. The number of carbonyl (C=O) groups excluding carboxylic acids is 2. The molecule has 0 aromatic heterocycles. The molecule has 2 aromatic carbocycles. The first kappa shape index (κ1) is 17.8. The molecule has 6 nitrogen and oxygen atoms in total. The second-order valence-corrected chi connectivity index (χ2v) is 5.99. The van der Waals surface area contributed by atoms with Crippen molar-refractivity contribution < 1.29 is 23.8 Å². The lowest BCUT2D eigenvalue weighted by Crippen LogP contribution is -2.23. The Bertz CT molecular complexity index is 803. The van der Waals surface area contributed by atoms with E-state index in [9.17, 15) is 9.59 Å². The second-order valence-electron chi connectivity index (χ2n) is 5.99. The Morgan fingerprint density at radius 2 is 1.77 bits per heavy atom. The molecule has 0 heterocycles. The maximum absolute atomic E-state index is 11.9. The molecular weight excluding hydrogens is 334 g/mol. The molecule has 3 rings (SSSR count). The molecule has 2 aromatic rings. The zero-order valence-electron chi connectivity index (χ0n) is 14.6. The van der Waals surface area contributed by atoms with Crippen molar-refractivity contribution >= 4 is 17.6 Å². The third-order valence-electron chi connectivity index (χ3n) is 4.16. The maximum atomic E-state index is 11.9. The first-order valence-corrected chi connectivity index (χ1v) is 8.49. The van der Waals surface area contributed by atoms with Crippen molar-refractivity contribution in [3.63, 3.8) is 0 Å². The van der Waals surface area contributed by atoms with Gasteiger partial charge in [0.05, 0.1) is 7.11 Å². The number of methoxy groups -OCH3 is 1. The molecule has 26 heavy (non-hydrogen) atoms. The van der Waals surface area contributed by atoms with E-state index in [1.165, 1.54) is 18.2 Å². The molecule has 0 bridgehead atoms. The summed E-state index contributed by atoms with van der Waals surface area (Å²) in [6.45, 7) is -0.655. The van der Waals surface area contributed by atoms with Crippen molar-refractivity contribution in [1.82, 2.24) is 0 Å². The number of benzene rings is 2. The van der Waals surface area contributed by atoms with Gasteiger partial charge in [-0.05, 0) is 54.7 Å². The first-order chi connectivity index (χ1) is 12.7. The fourth-order valence-electron chi connectivity index (χ4n) is 2.91. The van der Waals surface area contributed by atoms with Crippen LogP contribution in [0, 0.1) is 0 Å². The highest BCUT2D eigenvalue weighted by Crippen LogP contribution is 2.26. The Morgan fingerprint density at radius 3 is 2.58 bits per heavy atom. The number of anilines is 1. The van der Waals surface area contributed by atoms with Gasteiger partial charge in [-0.25, -0.2) is 4.79 Å². The molecule has 1 amide bonds. The van der Waals surface area contributed by atoms with Crippen LogP contribution in [-0.4, -0.2) is 32.2 Å². The summed E-state index contributed by atoms with van der Waals surface area (Å²) < 4.78 is 15.4. The van der Waals surface area contributed by atoms with Crippen molar-refractivity contribution in [3.8, 4) is 11.5 Å². The van der Waals surface area contributed by atoms with E-state index in [0.717, 1.165) is 24.9 Å². The minimum absolute atomic E-state index is 0.299. The number of aryl methyl sites for hydroxylation is 2. The van der Waals surface area contributed by atoms with Crippen molar-refractivity contribution in [2.45, 2.75) is 19.3 Å². The van der Waals surface area contributed by atoms with Gasteiger partial charge in [0.15, 0.2) is 24.7 Å². The lowest BCUT2D eigenvalue weighted by atomic mass is 10.1. The molecule has 6 heteroatoms. The standard InChI is InChI=1S/C20H21NO5/c1-24-17-7-2-3-8-18(17)25-13-20(23)26-12-19(22)21-16-10-9-14-5-4-6-15(14)11-16/h2-3,7-11H,4-6,12-13H2,1H3,(H,21,22). The normalized spacial score (nSPS) is 12.2. The molecule has 136 valence electrons. The van der Waals surface area contributed by atoms with Gasteiger partial charge in [-0.2, -0.15) is 0 Å². The molecular formula is C20H21NO5. The van der Waals surface area contributed by atoms with Crippen LogP contribution in [0.5, 0.6) is 11.5 Å². The lowest BCUT2D eigenvalue weighted by Gasteiger charge is -2.10. The van der Waals surface area contributed by atoms with Gasteiger partial charge in [-0.3, -0.25) is 4.79 Å².